The SMILES string of the molecule is CCc1[nH][nH]c(=O)c1N. The highest BCUT2D eigenvalue weighted by Crippen LogP contribution is 1.99. The van der Waals surface area contributed by atoms with Crippen molar-refractivity contribution in [3.05, 3.63) is 16.0 Å². The number of rotatable bonds is 1. The minimum atomic E-state index is -0.230. The van der Waals surface area contributed by atoms with Crippen molar-refractivity contribution in [2.45, 2.75) is 13.3 Å². The number of hydrogen-bond acceptors (Lipinski definition) is 2. The summed E-state index contributed by atoms with van der Waals surface area (Å²) in [5, 5.41) is 5.04. The molecule has 0 spiro atoms. The van der Waals surface area contributed by atoms with Crippen LogP contribution in [0.25, 0.3) is 0 Å². The van der Waals surface area contributed by atoms with Gasteiger partial charge in [-0.25, -0.2) is 0 Å². The fourth-order valence-electron chi connectivity index (χ4n) is 0.683. The van der Waals surface area contributed by atoms with Crippen LogP contribution in [0.2, 0.25) is 0 Å². The number of H-pyrrole nitrogens is 2. The van der Waals surface area contributed by atoms with E-state index in [-0.39, 0.29) is 5.56 Å². The van der Waals surface area contributed by atoms with Gasteiger partial charge in [0.25, 0.3) is 5.56 Å². The lowest BCUT2D eigenvalue weighted by Crippen LogP contribution is -2.05. The summed E-state index contributed by atoms with van der Waals surface area (Å²) in [5.41, 5.74) is 6.19. The van der Waals surface area contributed by atoms with E-state index in [1.54, 1.807) is 0 Å². The molecule has 0 unspecified atom stereocenters. The van der Waals surface area contributed by atoms with Gasteiger partial charge >= 0.3 is 0 Å². The first-order valence-electron chi connectivity index (χ1n) is 2.80. The Kier molecular flexibility index (Phi) is 1.30. The van der Waals surface area contributed by atoms with Gasteiger partial charge in [0, 0.05) is 0 Å². The maximum absolute atomic E-state index is 10.6. The van der Waals surface area contributed by atoms with E-state index in [2.05, 4.69) is 10.2 Å². The molecule has 0 saturated heterocycles. The lowest BCUT2D eigenvalue weighted by atomic mass is 10.3. The van der Waals surface area contributed by atoms with Crippen molar-refractivity contribution >= 4 is 5.69 Å². The first-order valence-corrected chi connectivity index (χ1v) is 2.80. The summed E-state index contributed by atoms with van der Waals surface area (Å²) >= 11 is 0. The molecule has 1 aromatic heterocycles. The van der Waals surface area contributed by atoms with Gasteiger partial charge in [0.05, 0.1) is 5.69 Å². The molecule has 0 fully saturated rings. The fourth-order valence-corrected chi connectivity index (χ4v) is 0.683. The second-order valence-electron chi connectivity index (χ2n) is 1.82. The third-order valence-corrected chi connectivity index (χ3v) is 1.25. The van der Waals surface area contributed by atoms with E-state index in [1.807, 2.05) is 6.92 Å². The van der Waals surface area contributed by atoms with Gasteiger partial charge in [-0.15, -0.1) is 0 Å². The molecule has 0 amide bonds. The van der Waals surface area contributed by atoms with Crippen molar-refractivity contribution in [2.24, 2.45) is 0 Å². The predicted molar refractivity (Wildman–Crippen MR) is 35.2 cm³/mol. The fraction of sp³-hybridized carbons (Fsp3) is 0.400. The topological polar surface area (TPSA) is 74.7 Å². The zero-order valence-electron chi connectivity index (χ0n) is 5.19. The van der Waals surface area contributed by atoms with Crippen LogP contribution in [0.3, 0.4) is 0 Å². The zero-order valence-corrected chi connectivity index (χ0v) is 5.19. The standard InChI is InChI=1S/C5H9N3O/c1-2-3-4(6)5(9)8-7-3/h2,6H2,1H3,(H2,7,8,9). The molecule has 1 rings (SSSR count). The highest BCUT2D eigenvalue weighted by atomic mass is 16.1. The van der Waals surface area contributed by atoms with Crippen LogP contribution in [0.5, 0.6) is 0 Å². The molecule has 0 aliphatic heterocycles. The summed E-state index contributed by atoms with van der Waals surface area (Å²) in [7, 11) is 0. The number of anilines is 1. The maximum Gasteiger partial charge on any atom is 0.287 e. The third-order valence-electron chi connectivity index (χ3n) is 1.25. The summed E-state index contributed by atoms with van der Waals surface area (Å²) in [4.78, 5) is 10.6. The zero-order chi connectivity index (χ0) is 6.85. The number of aromatic amines is 2. The highest BCUT2D eigenvalue weighted by Gasteiger charge is 2.00. The smallest absolute Gasteiger partial charge is 0.287 e. The van der Waals surface area contributed by atoms with E-state index in [9.17, 15) is 4.79 Å². The normalized spacial score (nSPS) is 9.89. The van der Waals surface area contributed by atoms with Crippen molar-refractivity contribution in [3.8, 4) is 0 Å². The van der Waals surface area contributed by atoms with E-state index in [0.29, 0.717) is 5.69 Å². The second-order valence-corrected chi connectivity index (χ2v) is 1.82. The monoisotopic (exact) mass is 127 g/mol. The molecule has 0 atom stereocenters. The minimum absolute atomic E-state index is 0.230. The lowest BCUT2D eigenvalue weighted by molar-refractivity contribution is 0.965. The van der Waals surface area contributed by atoms with Crippen molar-refractivity contribution in [3.63, 3.8) is 0 Å². The lowest BCUT2D eigenvalue weighted by Gasteiger charge is -1.86. The molecule has 0 aliphatic rings. The molecular formula is C5H9N3O. The number of nitrogens with one attached hydrogen (secondary N) is 2. The van der Waals surface area contributed by atoms with Gasteiger partial charge < -0.3 is 10.8 Å². The molecule has 0 aromatic carbocycles. The van der Waals surface area contributed by atoms with Crippen LogP contribution >= 0.6 is 0 Å². The number of aryl methyl sites for hydroxylation is 1. The van der Waals surface area contributed by atoms with Crippen LogP contribution in [-0.4, -0.2) is 10.2 Å². The number of hydrogen-bond donors (Lipinski definition) is 3. The average molecular weight is 127 g/mol. The summed E-state index contributed by atoms with van der Waals surface area (Å²) in [6.07, 6.45) is 0.755. The Balaban J connectivity index is 3.20. The quantitative estimate of drug-likeness (QED) is 0.490. The van der Waals surface area contributed by atoms with E-state index in [0.717, 1.165) is 12.1 Å². The van der Waals surface area contributed by atoms with Crippen molar-refractivity contribution in [1.29, 1.82) is 0 Å². The van der Waals surface area contributed by atoms with Gasteiger partial charge in [0.2, 0.25) is 0 Å². The van der Waals surface area contributed by atoms with E-state index in [4.69, 9.17) is 5.73 Å². The average Bonchev–Trinajstić information content (AvgIpc) is 2.15. The van der Waals surface area contributed by atoms with Crippen LogP contribution in [0.15, 0.2) is 4.79 Å². The second kappa shape index (κ2) is 1.97. The Bertz CT molecular complexity index is 247. The largest absolute Gasteiger partial charge is 0.393 e. The van der Waals surface area contributed by atoms with Gasteiger partial charge in [-0.05, 0) is 6.42 Å². The van der Waals surface area contributed by atoms with E-state index >= 15 is 0 Å². The van der Waals surface area contributed by atoms with Gasteiger partial charge in [0.15, 0.2) is 0 Å². The van der Waals surface area contributed by atoms with Gasteiger partial charge in [0.1, 0.15) is 5.69 Å². The molecule has 9 heavy (non-hydrogen) atoms. The van der Waals surface area contributed by atoms with Gasteiger partial charge in [-0.1, -0.05) is 6.92 Å². The minimum Gasteiger partial charge on any atom is -0.393 e. The Hall–Kier alpha value is -1.19. The van der Waals surface area contributed by atoms with Crippen molar-refractivity contribution < 1.29 is 0 Å². The number of aromatic nitrogens is 2. The molecule has 0 saturated carbocycles. The van der Waals surface area contributed by atoms with Gasteiger partial charge in [-0.2, -0.15) is 0 Å². The Morgan fingerprint density at radius 3 is 2.44 bits per heavy atom. The summed E-state index contributed by atoms with van der Waals surface area (Å²) in [6.45, 7) is 1.93. The first kappa shape index (κ1) is 5.94. The van der Waals surface area contributed by atoms with Crippen molar-refractivity contribution in [1.82, 2.24) is 10.2 Å². The molecule has 50 valence electrons. The summed E-state index contributed by atoms with van der Waals surface area (Å²) in [5.74, 6) is 0. The molecule has 0 bridgehead atoms. The van der Waals surface area contributed by atoms with E-state index in [1.165, 1.54) is 0 Å². The molecule has 4 N–H and O–H groups in total. The molecule has 4 nitrogen and oxygen atoms in total. The number of nitrogens with two attached hydrogens (primary N) is 1. The Morgan fingerprint density at radius 2 is 2.22 bits per heavy atom. The molecule has 1 aromatic rings. The van der Waals surface area contributed by atoms with Crippen LogP contribution in [0.4, 0.5) is 5.69 Å². The van der Waals surface area contributed by atoms with Crippen molar-refractivity contribution in [2.75, 3.05) is 5.73 Å². The Morgan fingerprint density at radius 1 is 1.56 bits per heavy atom. The molecule has 1 heterocycles. The molecular weight excluding hydrogens is 118 g/mol. The van der Waals surface area contributed by atoms with Crippen LogP contribution < -0.4 is 11.3 Å². The summed E-state index contributed by atoms with van der Waals surface area (Å²) in [6, 6.07) is 0. The van der Waals surface area contributed by atoms with E-state index < -0.39 is 0 Å². The predicted octanol–water partition coefficient (Wildman–Crippen LogP) is -0.152. The van der Waals surface area contributed by atoms with Crippen LogP contribution in [0.1, 0.15) is 12.6 Å². The van der Waals surface area contributed by atoms with Gasteiger partial charge in [-0.3, -0.25) is 9.89 Å². The molecule has 0 aliphatic carbocycles. The van der Waals surface area contributed by atoms with Crippen LogP contribution in [0, 0.1) is 0 Å². The third kappa shape index (κ3) is 0.826. The summed E-state index contributed by atoms with van der Waals surface area (Å²) < 4.78 is 0. The number of nitrogen functional groups attached to an aromatic ring is 1. The Labute approximate surface area is 52.1 Å². The maximum atomic E-state index is 10.6. The van der Waals surface area contributed by atoms with Crippen LogP contribution in [-0.2, 0) is 6.42 Å². The molecule has 0 radical (unpaired) electrons. The first-order chi connectivity index (χ1) is 4.25. The molecule has 4 heteroatoms. The highest BCUT2D eigenvalue weighted by molar-refractivity contribution is 5.39.